The van der Waals surface area contributed by atoms with Crippen molar-refractivity contribution in [3.63, 3.8) is 0 Å². The van der Waals surface area contributed by atoms with Crippen molar-refractivity contribution in [1.29, 1.82) is 0 Å². The first-order chi connectivity index (χ1) is 46.1. The molecule has 0 amide bonds. The van der Waals surface area contributed by atoms with Crippen molar-refractivity contribution in [2.45, 2.75) is 408 Å². The molecule has 0 aliphatic rings. The summed E-state index contributed by atoms with van der Waals surface area (Å²) in [6.45, 7) is 14.1. The summed E-state index contributed by atoms with van der Waals surface area (Å²) in [5.41, 5.74) is 0. The maximum atomic E-state index is 13.1. The lowest BCUT2D eigenvalue weighted by molar-refractivity contribution is -0.161. The molecule has 96 heavy (non-hydrogen) atoms. The number of rotatable bonds is 74. The van der Waals surface area contributed by atoms with Gasteiger partial charge in [-0.05, 0) is 49.4 Å². The molecule has 17 nitrogen and oxygen atoms in total. The quantitative estimate of drug-likeness (QED) is 0.0222. The molecule has 0 rings (SSSR count). The minimum absolute atomic E-state index is 0.106. The highest BCUT2D eigenvalue weighted by Crippen LogP contribution is 2.45. The minimum Gasteiger partial charge on any atom is -0.462 e. The van der Waals surface area contributed by atoms with Gasteiger partial charge in [0.25, 0.3) is 0 Å². The number of carbonyl (C=O) groups excluding carboxylic acids is 4. The molecular formula is C77H150O17P2. The number of hydrogen-bond donors (Lipinski definition) is 3. The van der Waals surface area contributed by atoms with Crippen molar-refractivity contribution in [3.8, 4) is 0 Å². The van der Waals surface area contributed by atoms with E-state index in [1.165, 1.54) is 186 Å². The van der Waals surface area contributed by atoms with Gasteiger partial charge in [0.2, 0.25) is 0 Å². The monoisotopic (exact) mass is 1410 g/mol. The third-order valence-electron chi connectivity index (χ3n) is 17.8. The molecule has 19 heteroatoms. The summed E-state index contributed by atoms with van der Waals surface area (Å²) < 4.78 is 68.5. The predicted octanol–water partition coefficient (Wildman–Crippen LogP) is 22.4. The molecule has 3 N–H and O–H groups in total. The van der Waals surface area contributed by atoms with E-state index in [0.717, 1.165) is 114 Å². The lowest BCUT2D eigenvalue weighted by Gasteiger charge is -2.21. The van der Waals surface area contributed by atoms with Crippen molar-refractivity contribution in [3.05, 3.63) is 0 Å². The van der Waals surface area contributed by atoms with Crippen LogP contribution in [0.2, 0.25) is 0 Å². The van der Waals surface area contributed by atoms with E-state index in [1.54, 1.807) is 0 Å². The molecule has 0 fully saturated rings. The molecule has 0 aliphatic heterocycles. The van der Waals surface area contributed by atoms with Crippen molar-refractivity contribution < 1.29 is 80.2 Å². The SMILES string of the molecule is CC(C)CCCCCCCCCCCCCCCCCCC(=O)O[C@H](COC(=O)CCCCCCCCCCC(C)C)COP(=O)(O)OC[C@@H](O)COP(=O)(O)OC[C@@H](COC(=O)CCCCCCCCC(C)C)OC(=O)CCCCCCCCCCCCCCCCC(C)C. The Balaban J connectivity index is 5.20. The van der Waals surface area contributed by atoms with Crippen LogP contribution in [-0.2, 0) is 65.4 Å². The molecule has 5 atom stereocenters. The van der Waals surface area contributed by atoms with Gasteiger partial charge in [-0.3, -0.25) is 37.3 Å². The van der Waals surface area contributed by atoms with E-state index >= 15 is 0 Å². The number of ether oxygens (including phenoxy) is 4. The fourth-order valence-corrected chi connectivity index (χ4v) is 13.3. The lowest BCUT2D eigenvalue weighted by Crippen LogP contribution is -2.30. The molecule has 0 bridgehead atoms. The molecule has 0 aromatic heterocycles. The zero-order valence-corrected chi connectivity index (χ0v) is 64.8. The van der Waals surface area contributed by atoms with Crippen LogP contribution in [0.5, 0.6) is 0 Å². The van der Waals surface area contributed by atoms with Crippen LogP contribution in [0.4, 0.5) is 0 Å². The van der Waals surface area contributed by atoms with Gasteiger partial charge in [-0.25, -0.2) is 9.13 Å². The Labute approximate surface area is 588 Å². The van der Waals surface area contributed by atoms with Crippen molar-refractivity contribution in [2.24, 2.45) is 23.7 Å². The van der Waals surface area contributed by atoms with Gasteiger partial charge in [-0.15, -0.1) is 0 Å². The topological polar surface area (TPSA) is 237 Å². The molecule has 0 aliphatic carbocycles. The van der Waals surface area contributed by atoms with Gasteiger partial charge < -0.3 is 33.8 Å². The average Bonchev–Trinajstić information content (AvgIpc) is 1.21. The van der Waals surface area contributed by atoms with E-state index in [2.05, 4.69) is 55.4 Å². The second-order valence-corrected chi connectivity index (χ2v) is 32.6. The van der Waals surface area contributed by atoms with Crippen LogP contribution < -0.4 is 0 Å². The molecular weight excluding hydrogens is 1260 g/mol. The molecule has 0 saturated carbocycles. The number of unbranched alkanes of at least 4 members (excludes halogenated alkanes) is 40. The molecule has 2 unspecified atom stereocenters. The number of aliphatic hydroxyl groups is 1. The maximum Gasteiger partial charge on any atom is 0.472 e. The summed E-state index contributed by atoms with van der Waals surface area (Å²) in [6.07, 6.45) is 51.6. The van der Waals surface area contributed by atoms with Gasteiger partial charge in [0.1, 0.15) is 19.3 Å². The highest BCUT2D eigenvalue weighted by molar-refractivity contribution is 7.47. The van der Waals surface area contributed by atoms with Crippen LogP contribution in [0, 0.1) is 23.7 Å². The minimum atomic E-state index is -4.96. The first-order valence-corrected chi connectivity index (χ1v) is 42.7. The van der Waals surface area contributed by atoms with Gasteiger partial charge in [0.15, 0.2) is 12.2 Å². The lowest BCUT2D eigenvalue weighted by atomic mass is 10.0. The Morgan fingerprint density at radius 2 is 0.438 bits per heavy atom. The Bertz CT molecular complexity index is 1880. The van der Waals surface area contributed by atoms with Crippen LogP contribution in [0.15, 0.2) is 0 Å². The highest BCUT2D eigenvalue weighted by Gasteiger charge is 2.30. The van der Waals surface area contributed by atoms with Crippen LogP contribution >= 0.6 is 15.6 Å². The van der Waals surface area contributed by atoms with Crippen LogP contribution in [0.25, 0.3) is 0 Å². The molecule has 570 valence electrons. The van der Waals surface area contributed by atoms with Crippen molar-refractivity contribution in [1.82, 2.24) is 0 Å². The number of esters is 4. The molecule has 0 spiro atoms. The molecule has 0 heterocycles. The Morgan fingerprint density at radius 3 is 0.646 bits per heavy atom. The zero-order chi connectivity index (χ0) is 71.0. The Morgan fingerprint density at radius 1 is 0.260 bits per heavy atom. The first-order valence-electron chi connectivity index (χ1n) is 39.7. The largest absolute Gasteiger partial charge is 0.472 e. The molecule has 0 saturated heterocycles. The van der Waals surface area contributed by atoms with Crippen molar-refractivity contribution >= 4 is 39.5 Å². The van der Waals surface area contributed by atoms with Gasteiger partial charge in [0, 0.05) is 25.7 Å². The summed E-state index contributed by atoms with van der Waals surface area (Å²) in [6, 6.07) is 0. The second-order valence-electron chi connectivity index (χ2n) is 29.7. The summed E-state index contributed by atoms with van der Waals surface area (Å²) in [5.74, 6) is 0.888. The summed E-state index contributed by atoms with van der Waals surface area (Å²) in [4.78, 5) is 72.8. The third kappa shape index (κ3) is 70.5. The normalized spacial score (nSPS) is 14.1. The van der Waals surface area contributed by atoms with E-state index in [0.29, 0.717) is 31.6 Å². The smallest absolute Gasteiger partial charge is 0.462 e. The number of phosphoric acid groups is 2. The summed E-state index contributed by atoms with van der Waals surface area (Å²) in [5, 5.41) is 10.6. The Kier molecular flexibility index (Phi) is 65.0. The second kappa shape index (κ2) is 66.3. The van der Waals surface area contributed by atoms with E-state index in [1.807, 2.05) is 0 Å². The summed E-state index contributed by atoms with van der Waals surface area (Å²) in [7, 11) is -9.91. The number of carbonyl (C=O) groups is 4. The summed E-state index contributed by atoms with van der Waals surface area (Å²) >= 11 is 0. The molecule has 0 aromatic carbocycles. The van der Waals surface area contributed by atoms with Crippen molar-refractivity contribution in [2.75, 3.05) is 39.6 Å². The number of aliphatic hydroxyl groups excluding tert-OH is 1. The third-order valence-corrected chi connectivity index (χ3v) is 19.7. The number of phosphoric ester groups is 2. The van der Waals surface area contributed by atoms with Crippen LogP contribution in [0.3, 0.4) is 0 Å². The highest BCUT2D eigenvalue weighted by atomic mass is 31.2. The fraction of sp³-hybridized carbons (Fsp3) is 0.948. The van der Waals surface area contributed by atoms with Gasteiger partial charge >= 0.3 is 39.5 Å². The first kappa shape index (κ1) is 94.1. The van der Waals surface area contributed by atoms with Crippen LogP contribution in [-0.4, -0.2) is 96.7 Å². The van der Waals surface area contributed by atoms with E-state index < -0.39 is 97.5 Å². The van der Waals surface area contributed by atoms with Crippen LogP contribution in [0.1, 0.15) is 389 Å². The molecule has 0 aromatic rings. The fourth-order valence-electron chi connectivity index (χ4n) is 11.7. The maximum absolute atomic E-state index is 13.1. The van der Waals surface area contributed by atoms with E-state index in [-0.39, 0.29) is 25.7 Å². The standard InChI is InChI=1S/C77H150O17P2/c1-67(2)53-45-37-29-23-19-15-11-9-10-12-17-21-25-33-43-51-59-76(81)93-72(63-87-74(79)57-49-41-32-28-27-31-39-47-55-69(5)6)65-91-95(83,84)89-61-71(78)62-90-96(85,86)92-66-73(64-88-75(80)58-50-42-36-35-40-48-56-70(7)8)94-77(82)60-52-44-34-26-22-18-14-13-16-20-24-30-38-46-54-68(3)4/h67-73,78H,9-66H2,1-8H3,(H,83,84)(H,85,86)/t71-,72-,73-/m1/s1. The van der Waals surface area contributed by atoms with E-state index in [9.17, 15) is 43.2 Å². The average molecular weight is 1410 g/mol. The zero-order valence-electron chi connectivity index (χ0n) is 63.0. The van der Waals surface area contributed by atoms with Gasteiger partial charge in [-0.1, -0.05) is 338 Å². The number of hydrogen-bond acceptors (Lipinski definition) is 15. The molecule has 0 radical (unpaired) electrons. The Hall–Kier alpha value is -1.94. The predicted molar refractivity (Wildman–Crippen MR) is 391 cm³/mol. The van der Waals surface area contributed by atoms with Gasteiger partial charge in [-0.2, -0.15) is 0 Å². The van der Waals surface area contributed by atoms with E-state index in [4.69, 9.17) is 37.0 Å². The van der Waals surface area contributed by atoms with Gasteiger partial charge in [0.05, 0.1) is 26.4 Å².